The summed E-state index contributed by atoms with van der Waals surface area (Å²) in [5, 5.41) is 5.77. The van der Waals surface area contributed by atoms with Gasteiger partial charge in [-0.3, -0.25) is 4.68 Å². The highest BCUT2D eigenvalue weighted by atomic mass is 15.3. The van der Waals surface area contributed by atoms with Gasteiger partial charge in [0.25, 0.3) is 0 Å². The number of aryl methyl sites for hydroxylation is 1. The fraction of sp³-hybridized carbons (Fsp3) is 0.364. The lowest BCUT2D eigenvalue weighted by molar-refractivity contribution is 0.547. The molecule has 0 fully saturated rings. The van der Waals surface area contributed by atoms with Gasteiger partial charge in [-0.05, 0) is 26.8 Å². The molecule has 13 heavy (non-hydrogen) atoms. The second-order valence-electron chi connectivity index (χ2n) is 3.64. The molecule has 0 N–H and O–H groups in total. The molecule has 0 atom stereocenters. The van der Waals surface area contributed by atoms with E-state index in [1.54, 1.807) is 0 Å². The van der Waals surface area contributed by atoms with Gasteiger partial charge in [0.15, 0.2) is 0 Å². The molecule has 1 aromatic heterocycles. The van der Waals surface area contributed by atoms with Crippen LogP contribution in [0.5, 0.6) is 0 Å². The lowest BCUT2D eigenvalue weighted by Crippen LogP contribution is -2.02. The lowest BCUT2D eigenvalue weighted by atomic mass is 10.2. The molecule has 0 saturated heterocycles. The summed E-state index contributed by atoms with van der Waals surface area (Å²) in [6, 6.07) is 8.79. The first-order valence-electron chi connectivity index (χ1n) is 4.64. The molecule has 0 aliphatic carbocycles. The minimum absolute atomic E-state index is 0.429. The second kappa shape index (κ2) is 2.87. The smallest absolute Gasteiger partial charge is 0.0688 e. The predicted molar refractivity (Wildman–Crippen MR) is 54.9 cm³/mol. The Morgan fingerprint density at radius 3 is 2.62 bits per heavy atom. The Kier molecular flexibility index (Phi) is 1.83. The van der Waals surface area contributed by atoms with Crippen LogP contribution in [0.3, 0.4) is 0 Å². The number of fused-ring (bicyclic) bond motifs is 1. The van der Waals surface area contributed by atoms with Crippen LogP contribution < -0.4 is 0 Å². The topological polar surface area (TPSA) is 17.8 Å². The van der Waals surface area contributed by atoms with E-state index in [4.69, 9.17) is 0 Å². The van der Waals surface area contributed by atoms with E-state index in [-0.39, 0.29) is 0 Å². The Labute approximate surface area is 78.2 Å². The van der Waals surface area contributed by atoms with E-state index in [2.05, 4.69) is 54.8 Å². The van der Waals surface area contributed by atoms with Crippen molar-refractivity contribution in [3.05, 3.63) is 30.0 Å². The van der Waals surface area contributed by atoms with Crippen molar-refractivity contribution in [3.63, 3.8) is 0 Å². The lowest BCUT2D eigenvalue weighted by Gasteiger charge is -2.05. The molecule has 0 radical (unpaired) electrons. The maximum absolute atomic E-state index is 4.51. The summed E-state index contributed by atoms with van der Waals surface area (Å²) >= 11 is 0. The number of hydrogen-bond donors (Lipinski definition) is 0. The third-order valence-electron chi connectivity index (χ3n) is 2.29. The molecule has 0 bridgehead atoms. The first kappa shape index (κ1) is 8.30. The zero-order valence-electron chi connectivity index (χ0n) is 8.28. The quantitative estimate of drug-likeness (QED) is 0.650. The van der Waals surface area contributed by atoms with Crippen LogP contribution in [-0.4, -0.2) is 9.78 Å². The highest BCUT2D eigenvalue weighted by Gasteiger charge is 2.07. The molecule has 0 spiro atoms. The molecule has 1 heterocycles. The molecule has 2 heteroatoms. The Bertz CT molecular complexity index is 427. The van der Waals surface area contributed by atoms with Crippen molar-refractivity contribution in [2.75, 3.05) is 0 Å². The van der Waals surface area contributed by atoms with E-state index >= 15 is 0 Å². The largest absolute Gasteiger partial charge is 0.262 e. The Hall–Kier alpha value is -1.31. The molecule has 2 nitrogen and oxygen atoms in total. The van der Waals surface area contributed by atoms with Crippen molar-refractivity contribution in [2.24, 2.45) is 0 Å². The van der Waals surface area contributed by atoms with Gasteiger partial charge in [-0.25, -0.2) is 0 Å². The van der Waals surface area contributed by atoms with Gasteiger partial charge < -0.3 is 0 Å². The second-order valence-corrected chi connectivity index (χ2v) is 3.64. The van der Waals surface area contributed by atoms with Crippen molar-refractivity contribution in [3.8, 4) is 0 Å². The third-order valence-corrected chi connectivity index (χ3v) is 2.29. The Balaban J connectivity index is 2.78. The SMILES string of the molecule is Cc1nn(C(C)C)c2ccccc12. The Morgan fingerprint density at radius 2 is 1.92 bits per heavy atom. The minimum atomic E-state index is 0.429. The number of aromatic nitrogens is 2. The molecule has 0 saturated carbocycles. The van der Waals surface area contributed by atoms with Gasteiger partial charge in [-0.15, -0.1) is 0 Å². The number of para-hydroxylation sites is 1. The van der Waals surface area contributed by atoms with Gasteiger partial charge in [0.05, 0.1) is 11.2 Å². The first-order chi connectivity index (χ1) is 6.20. The van der Waals surface area contributed by atoms with Gasteiger partial charge in [-0.1, -0.05) is 18.2 Å². The van der Waals surface area contributed by atoms with E-state index in [1.165, 1.54) is 10.9 Å². The maximum atomic E-state index is 4.51. The van der Waals surface area contributed by atoms with E-state index in [0.717, 1.165) is 5.69 Å². The monoisotopic (exact) mass is 174 g/mol. The fourth-order valence-electron chi connectivity index (χ4n) is 1.64. The summed E-state index contributed by atoms with van der Waals surface area (Å²) in [6.45, 7) is 6.36. The van der Waals surface area contributed by atoms with Crippen LogP contribution >= 0.6 is 0 Å². The average Bonchev–Trinajstić information content (AvgIpc) is 2.45. The number of benzene rings is 1. The summed E-state index contributed by atoms with van der Waals surface area (Å²) in [4.78, 5) is 0. The van der Waals surface area contributed by atoms with Gasteiger partial charge in [-0.2, -0.15) is 5.10 Å². The van der Waals surface area contributed by atoms with Gasteiger partial charge in [0, 0.05) is 11.4 Å². The maximum Gasteiger partial charge on any atom is 0.0688 e. The van der Waals surface area contributed by atoms with Crippen LogP contribution in [0.15, 0.2) is 24.3 Å². The summed E-state index contributed by atoms with van der Waals surface area (Å²) in [5.41, 5.74) is 2.35. The van der Waals surface area contributed by atoms with Crippen LogP contribution in [0.2, 0.25) is 0 Å². The molecule has 68 valence electrons. The van der Waals surface area contributed by atoms with Crippen molar-refractivity contribution in [1.29, 1.82) is 0 Å². The molecule has 2 rings (SSSR count). The number of rotatable bonds is 1. The molecular weight excluding hydrogens is 160 g/mol. The number of nitrogens with zero attached hydrogens (tertiary/aromatic N) is 2. The van der Waals surface area contributed by atoms with Gasteiger partial charge in [0.2, 0.25) is 0 Å². The summed E-state index contributed by atoms with van der Waals surface area (Å²) in [5.74, 6) is 0. The molecule has 0 aliphatic rings. The van der Waals surface area contributed by atoms with Crippen molar-refractivity contribution in [2.45, 2.75) is 26.8 Å². The molecule has 0 aliphatic heterocycles. The fourth-order valence-corrected chi connectivity index (χ4v) is 1.64. The van der Waals surface area contributed by atoms with Gasteiger partial charge >= 0.3 is 0 Å². The summed E-state index contributed by atoms with van der Waals surface area (Å²) < 4.78 is 2.07. The molecular formula is C11H14N2. The predicted octanol–water partition coefficient (Wildman–Crippen LogP) is 2.93. The van der Waals surface area contributed by atoms with Crippen molar-refractivity contribution < 1.29 is 0 Å². The minimum Gasteiger partial charge on any atom is -0.262 e. The van der Waals surface area contributed by atoms with E-state index in [1.807, 2.05) is 0 Å². The third kappa shape index (κ3) is 1.22. The standard InChI is InChI=1S/C11H14N2/c1-8(2)13-11-7-5-4-6-10(11)9(3)12-13/h4-8H,1-3H3. The van der Waals surface area contributed by atoms with Crippen LogP contribution in [0.1, 0.15) is 25.6 Å². The summed E-state index contributed by atoms with van der Waals surface area (Å²) in [6.07, 6.45) is 0. The summed E-state index contributed by atoms with van der Waals surface area (Å²) in [7, 11) is 0. The van der Waals surface area contributed by atoms with E-state index in [0.29, 0.717) is 6.04 Å². The van der Waals surface area contributed by atoms with Crippen molar-refractivity contribution >= 4 is 10.9 Å². The average molecular weight is 174 g/mol. The van der Waals surface area contributed by atoms with Crippen molar-refractivity contribution in [1.82, 2.24) is 9.78 Å². The molecule has 1 aromatic carbocycles. The normalized spacial score (nSPS) is 11.4. The first-order valence-corrected chi connectivity index (χ1v) is 4.64. The highest BCUT2D eigenvalue weighted by Crippen LogP contribution is 2.20. The molecule has 0 unspecified atom stereocenters. The Morgan fingerprint density at radius 1 is 1.23 bits per heavy atom. The highest BCUT2D eigenvalue weighted by molar-refractivity contribution is 5.81. The van der Waals surface area contributed by atoms with E-state index in [9.17, 15) is 0 Å². The van der Waals surface area contributed by atoms with Crippen LogP contribution in [-0.2, 0) is 0 Å². The number of hydrogen-bond acceptors (Lipinski definition) is 1. The van der Waals surface area contributed by atoms with Gasteiger partial charge in [0.1, 0.15) is 0 Å². The molecule has 2 aromatic rings. The van der Waals surface area contributed by atoms with Crippen LogP contribution in [0.4, 0.5) is 0 Å². The zero-order chi connectivity index (χ0) is 9.42. The van der Waals surface area contributed by atoms with Crippen LogP contribution in [0, 0.1) is 6.92 Å². The van der Waals surface area contributed by atoms with E-state index < -0.39 is 0 Å². The zero-order valence-corrected chi connectivity index (χ0v) is 8.28. The molecule has 0 amide bonds. The van der Waals surface area contributed by atoms with Crippen LogP contribution in [0.25, 0.3) is 10.9 Å².